The zero-order valence-corrected chi connectivity index (χ0v) is 12.8. The van der Waals surface area contributed by atoms with Crippen LogP contribution in [0.4, 0.5) is 0 Å². The molecule has 20 heavy (non-hydrogen) atoms. The number of carbonyl (C=O) groups is 1. The summed E-state index contributed by atoms with van der Waals surface area (Å²) in [6.07, 6.45) is 2.34. The lowest BCUT2D eigenvalue weighted by atomic mass is 9.83. The Morgan fingerprint density at radius 2 is 2.15 bits per heavy atom. The number of ether oxygens (including phenoxy) is 3. The maximum Gasteiger partial charge on any atom is 0.373 e. The van der Waals surface area contributed by atoms with Gasteiger partial charge in [0.15, 0.2) is 5.90 Å². The molecule has 0 aromatic rings. The molecule has 0 fully saturated rings. The van der Waals surface area contributed by atoms with Gasteiger partial charge in [0.1, 0.15) is 18.2 Å². The largest absolute Gasteiger partial charge is 0.481 e. The monoisotopic (exact) mass is 281 g/mol. The van der Waals surface area contributed by atoms with Gasteiger partial charge in [-0.25, -0.2) is 9.79 Å². The van der Waals surface area contributed by atoms with Gasteiger partial charge in [-0.15, -0.1) is 0 Å². The van der Waals surface area contributed by atoms with E-state index in [1.54, 1.807) is 6.08 Å². The number of hydrogen-bond donors (Lipinski definition) is 0. The molecule has 0 aromatic heterocycles. The zero-order chi connectivity index (χ0) is 14.9. The van der Waals surface area contributed by atoms with Crippen LogP contribution in [0.25, 0.3) is 0 Å². The molecule has 0 bridgehead atoms. The second-order valence-corrected chi connectivity index (χ2v) is 5.57. The van der Waals surface area contributed by atoms with Gasteiger partial charge in [0.05, 0.1) is 7.11 Å². The molecule has 0 aliphatic carbocycles. The predicted molar refractivity (Wildman–Crippen MR) is 75.4 cm³/mol. The number of rotatable bonds is 4. The van der Waals surface area contributed by atoms with Gasteiger partial charge in [0, 0.05) is 13.0 Å². The average Bonchev–Trinajstić information content (AvgIpc) is 2.83. The Labute approximate surface area is 120 Å². The van der Waals surface area contributed by atoms with E-state index in [0.717, 1.165) is 6.42 Å². The lowest BCUT2D eigenvalue weighted by Gasteiger charge is -2.36. The molecule has 5 atom stereocenters. The third kappa shape index (κ3) is 2.67. The van der Waals surface area contributed by atoms with Gasteiger partial charge in [0.25, 0.3) is 0 Å². The Kier molecular flexibility index (Phi) is 4.35. The molecule has 0 amide bonds. The number of methoxy groups -OCH3 is 1. The minimum absolute atomic E-state index is 0.0765. The highest BCUT2D eigenvalue weighted by atomic mass is 16.6. The molecule has 112 valence electrons. The third-order valence-electron chi connectivity index (χ3n) is 4.34. The topological polar surface area (TPSA) is 57.1 Å². The quantitative estimate of drug-likeness (QED) is 0.742. The summed E-state index contributed by atoms with van der Waals surface area (Å²) < 4.78 is 16.3. The molecule has 2 rings (SSSR count). The maximum absolute atomic E-state index is 11.7. The summed E-state index contributed by atoms with van der Waals surface area (Å²) in [6.45, 7) is 8.30. The van der Waals surface area contributed by atoms with E-state index in [9.17, 15) is 4.79 Å². The van der Waals surface area contributed by atoms with Crippen molar-refractivity contribution >= 4 is 11.9 Å². The summed E-state index contributed by atoms with van der Waals surface area (Å²) in [5.41, 5.74) is 0. The fraction of sp³-hybridized carbons (Fsp3) is 0.733. The smallest absolute Gasteiger partial charge is 0.373 e. The Hall–Kier alpha value is -1.52. The molecule has 5 nitrogen and oxygen atoms in total. The fourth-order valence-electron chi connectivity index (χ4n) is 2.71. The first-order chi connectivity index (χ1) is 9.47. The molecular weight excluding hydrogens is 258 g/mol. The van der Waals surface area contributed by atoms with Crippen molar-refractivity contribution in [2.24, 2.45) is 16.8 Å². The summed E-state index contributed by atoms with van der Waals surface area (Å²) in [7, 11) is 1.35. The molecule has 3 unspecified atom stereocenters. The summed E-state index contributed by atoms with van der Waals surface area (Å²) in [5, 5.41) is 0. The van der Waals surface area contributed by atoms with Crippen molar-refractivity contribution in [3.63, 3.8) is 0 Å². The van der Waals surface area contributed by atoms with Crippen LogP contribution in [0.15, 0.2) is 16.8 Å². The number of hydrogen-bond acceptors (Lipinski definition) is 5. The second kappa shape index (κ2) is 5.85. The molecule has 0 saturated carbocycles. The maximum atomic E-state index is 11.7. The van der Waals surface area contributed by atoms with Crippen molar-refractivity contribution in [1.29, 1.82) is 0 Å². The normalized spacial score (nSPS) is 31.1. The molecular formula is C15H23NO4. The van der Waals surface area contributed by atoms with Gasteiger partial charge in [0.2, 0.25) is 5.76 Å². The van der Waals surface area contributed by atoms with E-state index < -0.39 is 5.97 Å². The van der Waals surface area contributed by atoms with Gasteiger partial charge in [-0.1, -0.05) is 27.2 Å². The van der Waals surface area contributed by atoms with Crippen molar-refractivity contribution < 1.29 is 19.0 Å². The number of aliphatic imine (C=N–C) groups is 1. The Morgan fingerprint density at radius 3 is 2.75 bits per heavy atom. The van der Waals surface area contributed by atoms with Crippen LogP contribution in [0.5, 0.6) is 0 Å². The highest BCUT2D eigenvalue weighted by Gasteiger charge is 2.45. The fourth-order valence-corrected chi connectivity index (χ4v) is 2.71. The Morgan fingerprint density at radius 1 is 1.45 bits per heavy atom. The summed E-state index contributed by atoms with van der Waals surface area (Å²) in [5.74, 6) is 1.18. The predicted octanol–water partition coefficient (Wildman–Crippen LogP) is 2.31. The van der Waals surface area contributed by atoms with E-state index in [1.807, 2.05) is 6.92 Å². The van der Waals surface area contributed by atoms with Crippen LogP contribution in [0.3, 0.4) is 0 Å². The number of esters is 1. The Bertz CT molecular complexity index is 443. The first-order valence-electron chi connectivity index (χ1n) is 7.15. The van der Waals surface area contributed by atoms with Gasteiger partial charge in [-0.05, 0) is 11.8 Å². The van der Waals surface area contributed by atoms with Crippen molar-refractivity contribution in [2.45, 2.75) is 52.4 Å². The van der Waals surface area contributed by atoms with Crippen LogP contribution >= 0.6 is 0 Å². The SMILES string of the molecule is CC[C@@H](C)[C@@H](C)C1OC(C(=O)OC)=CC2OC(C)=NC21. The minimum Gasteiger partial charge on any atom is -0.481 e. The van der Waals surface area contributed by atoms with Crippen molar-refractivity contribution in [3.05, 3.63) is 11.8 Å². The molecule has 5 heteroatoms. The van der Waals surface area contributed by atoms with Crippen molar-refractivity contribution in [3.8, 4) is 0 Å². The molecule has 2 aliphatic heterocycles. The highest BCUT2D eigenvalue weighted by molar-refractivity contribution is 5.87. The highest BCUT2D eigenvalue weighted by Crippen LogP contribution is 2.34. The minimum atomic E-state index is -0.460. The van der Waals surface area contributed by atoms with E-state index >= 15 is 0 Å². The van der Waals surface area contributed by atoms with Crippen LogP contribution in [-0.2, 0) is 19.0 Å². The summed E-state index contributed by atoms with van der Waals surface area (Å²) >= 11 is 0. The average molecular weight is 281 g/mol. The standard InChI is InChI=1S/C15H23NO4/c1-6-8(2)9(3)14-13-11(19-10(4)16-13)7-12(20-14)15(17)18-5/h7-9,11,13-14H,6H2,1-5H3/t8-,9-,11?,13?,14?/m1/s1. The van der Waals surface area contributed by atoms with Crippen molar-refractivity contribution in [2.75, 3.05) is 7.11 Å². The molecule has 0 radical (unpaired) electrons. The lowest BCUT2D eigenvalue weighted by molar-refractivity contribution is -0.143. The van der Waals surface area contributed by atoms with Crippen LogP contribution in [0, 0.1) is 11.8 Å². The van der Waals surface area contributed by atoms with Gasteiger partial charge in [-0.2, -0.15) is 0 Å². The van der Waals surface area contributed by atoms with Gasteiger partial charge in [-0.3, -0.25) is 0 Å². The molecule has 0 spiro atoms. The third-order valence-corrected chi connectivity index (χ3v) is 4.34. The number of carbonyl (C=O) groups excluding carboxylic acids is 1. The molecule has 2 heterocycles. The van der Waals surface area contributed by atoms with Crippen LogP contribution in [0.1, 0.15) is 34.1 Å². The zero-order valence-electron chi connectivity index (χ0n) is 12.8. The summed E-state index contributed by atoms with van der Waals surface area (Å²) in [4.78, 5) is 16.3. The first-order valence-corrected chi connectivity index (χ1v) is 7.15. The molecule has 0 N–H and O–H groups in total. The van der Waals surface area contributed by atoms with E-state index in [-0.39, 0.29) is 29.9 Å². The number of fused-ring (bicyclic) bond motifs is 1. The molecule has 2 aliphatic rings. The van der Waals surface area contributed by atoms with Crippen molar-refractivity contribution in [1.82, 2.24) is 0 Å². The van der Waals surface area contributed by atoms with E-state index in [1.165, 1.54) is 7.11 Å². The lowest BCUT2D eigenvalue weighted by Crippen LogP contribution is -2.45. The summed E-state index contributed by atoms with van der Waals surface area (Å²) in [6, 6.07) is -0.0765. The van der Waals surface area contributed by atoms with Crippen LogP contribution in [-0.4, -0.2) is 37.2 Å². The van der Waals surface area contributed by atoms with Gasteiger partial charge < -0.3 is 14.2 Å². The Balaban J connectivity index is 2.26. The molecule has 0 saturated heterocycles. The van der Waals surface area contributed by atoms with Crippen LogP contribution in [0.2, 0.25) is 0 Å². The molecule has 0 aromatic carbocycles. The number of nitrogens with zero attached hydrogens (tertiary/aromatic N) is 1. The van der Waals surface area contributed by atoms with E-state index in [0.29, 0.717) is 11.8 Å². The first kappa shape index (κ1) is 14.9. The van der Waals surface area contributed by atoms with Gasteiger partial charge >= 0.3 is 5.97 Å². The van der Waals surface area contributed by atoms with E-state index in [2.05, 4.69) is 25.8 Å². The second-order valence-electron chi connectivity index (χ2n) is 5.57. The van der Waals surface area contributed by atoms with E-state index in [4.69, 9.17) is 14.2 Å². The van der Waals surface area contributed by atoms with Crippen LogP contribution < -0.4 is 0 Å².